The molecule has 0 spiro atoms. The molecule has 4 nitrogen and oxygen atoms in total. The molecular formula is C17H20ClN3OS. The van der Waals surface area contributed by atoms with Crippen LogP contribution in [0.5, 0.6) is 0 Å². The first kappa shape index (κ1) is 16.3. The molecule has 3 heterocycles. The van der Waals surface area contributed by atoms with Gasteiger partial charge in [0, 0.05) is 62.6 Å². The summed E-state index contributed by atoms with van der Waals surface area (Å²) in [5.41, 5.74) is 1.03. The van der Waals surface area contributed by atoms with Crippen molar-refractivity contribution in [3.05, 3.63) is 51.4 Å². The lowest BCUT2D eigenvalue weighted by Crippen LogP contribution is -2.47. The second-order valence-electron chi connectivity index (χ2n) is 5.68. The number of aromatic nitrogens is 1. The second-order valence-corrected chi connectivity index (χ2v) is 7.48. The van der Waals surface area contributed by atoms with Gasteiger partial charge in [-0.15, -0.1) is 11.3 Å². The standard InChI is InChI=1S/C17H20ClN3OS/c1-19-8-2-3-14(19)4-7-17(22)21-11-9-20(10-12-21)13-15-5-6-16(18)23-15/h2-8H,9-13H2,1H3. The number of carbonyl (C=O) groups is 1. The molecule has 2 aromatic rings. The minimum atomic E-state index is 0.0880. The number of rotatable bonds is 4. The highest BCUT2D eigenvalue weighted by molar-refractivity contribution is 7.16. The first-order valence-corrected chi connectivity index (χ1v) is 8.86. The summed E-state index contributed by atoms with van der Waals surface area (Å²) < 4.78 is 2.83. The third-order valence-corrected chi connectivity index (χ3v) is 5.29. The van der Waals surface area contributed by atoms with Crippen LogP contribution in [0.25, 0.3) is 6.08 Å². The average molecular weight is 350 g/mol. The van der Waals surface area contributed by atoms with Gasteiger partial charge in [-0.1, -0.05) is 11.6 Å². The van der Waals surface area contributed by atoms with Crippen LogP contribution < -0.4 is 0 Å². The molecule has 6 heteroatoms. The lowest BCUT2D eigenvalue weighted by molar-refractivity contribution is -0.127. The molecule has 0 aliphatic carbocycles. The molecule has 0 saturated carbocycles. The van der Waals surface area contributed by atoms with E-state index in [2.05, 4.69) is 11.0 Å². The number of hydrogen-bond acceptors (Lipinski definition) is 3. The zero-order valence-corrected chi connectivity index (χ0v) is 14.7. The van der Waals surface area contributed by atoms with E-state index >= 15 is 0 Å². The van der Waals surface area contributed by atoms with Crippen molar-refractivity contribution in [1.29, 1.82) is 0 Å². The summed E-state index contributed by atoms with van der Waals surface area (Å²) in [6.07, 6.45) is 5.52. The first-order chi connectivity index (χ1) is 11.1. The molecule has 0 aromatic carbocycles. The third kappa shape index (κ3) is 4.25. The van der Waals surface area contributed by atoms with Gasteiger partial charge in [0.05, 0.1) is 4.34 Å². The van der Waals surface area contributed by atoms with Crippen molar-refractivity contribution in [2.24, 2.45) is 7.05 Å². The largest absolute Gasteiger partial charge is 0.351 e. The van der Waals surface area contributed by atoms with Gasteiger partial charge in [0.15, 0.2) is 0 Å². The summed E-state index contributed by atoms with van der Waals surface area (Å²) in [4.78, 5) is 17.8. The Morgan fingerprint density at radius 3 is 2.65 bits per heavy atom. The Morgan fingerprint density at radius 2 is 2.04 bits per heavy atom. The first-order valence-electron chi connectivity index (χ1n) is 7.67. The van der Waals surface area contributed by atoms with E-state index in [0.29, 0.717) is 0 Å². The fraction of sp³-hybridized carbons (Fsp3) is 0.353. The molecule has 0 bridgehead atoms. The van der Waals surface area contributed by atoms with Gasteiger partial charge in [0.1, 0.15) is 0 Å². The number of thiophene rings is 1. The average Bonchev–Trinajstić information content (AvgIpc) is 3.14. The SMILES string of the molecule is Cn1cccc1C=CC(=O)N1CCN(Cc2ccc(Cl)s2)CC1. The van der Waals surface area contributed by atoms with Crippen LogP contribution in [0.1, 0.15) is 10.6 Å². The number of hydrogen-bond donors (Lipinski definition) is 0. The van der Waals surface area contributed by atoms with Gasteiger partial charge in [0.25, 0.3) is 0 Å². The van der Waals surface area contributed by atoms with Crippen molar-refractivity contribution in [2.45, 2.75) is 6.54 Å². The van der Waals surface area contributed by atoms with Crippen LogP contribution >= 0.6 is 22.9 Å². The molecule has 1 aliphatic rings. The van der Waals surface area contributed by atoms with Crippen LogP contribution in [0.15, 0.2) is 36.5 Å². The van der Waals surface area contributed by atoms with Crippen molar-refractivity contribution < 1.29 is 4.79 Å². The lowest BCUT2D eigenvalue weighted by atomic mass is 10.2. The van der Waals surface area contributed by atoms with Gasteiger partial charge < -0.3 is 9.47 Å². The summed E-state index contributed by atoms with van der Waals surface area (Å²) in [5.74, 6) is 0.0880. The molecule has 1 aliphatic heterocycles. The Balaban J connectivity index is 1.49. The number of aryl methyl sites for hydroxylation is 1. The summed E-state index contributed by atoms with van der Waals surface area (Å²) in [7, 11) is 1.97. The monoisotopic (exact) mass is 349 g/mol. The van der Waals surface area contributed by atoms with Gasteiger partial charge in [-0.25, -0.2) is 0 Å². The molecule has 2 aromatic heterocycles. The zero-order chi connectivity index (χ0) is 16.2. The Bertz CT molecular complexity index is 698. The molecule has 1 saturated heterocycles. The molecule has 23 heavy (non-hydrogen) atoms. The van der Waals surface area contributed by atoms with Gasteiger partial charge in [-0.05, 0) is 30.3 Å². The van der Waals surface area contributed by atoms with E-state index in [1.54, 1.807) is 17.4 Å². The number of carbonyl (C=O) groups excluding carboxylic acids is 1. The van der Waals surface area contributed by atoms with E-state index in [9.17, 15) is 4.79 Å². The molecule has 3 rings (SSSR count). The van der Waals surface area contributed by atoms with Gasteiger partial charge in [0.2, 0.25) is 5.91 Å². The molecule has 0 radical (unpaired) electrons. The number of piperazine rings is 1. The number of amides is 1. The van der Waals surface area contributed by atoms with E-state index in [1.807, 2.05) is 47.0 Å². The van der Waals surface area contributed by atoms with Crippen LogP contribution in [-0.2, 0) is 18.4 Å². The Labute approximate surface area is 145 Å². The maximum absolute atomic E-state index is 12.3. The molecule has 122 valence electrons. The molecule has 1 amide bonds. The van der Waals surface area contributed by atoms with Crippen LogP contribution in [-0.4, -0.2) is 46.5 Å². The van der Waals surface area contributed by atoms with Crippen LogP contribution in [0.3, 0.4) is 0 Å². The van der Waals surface area contributed by atoms with E-state index in [4.69, 9.17) is 11.6 Å². The van der Waals surface area contributed by atoms with Gasteiger partial charge in [-0.2, -0.15) is 0 Å². The van der Waals surface area contributed by atoms with Crippen molar-refractivity contribution in [3.63, 3.8) is 0 Å². The highest BCUT2D eigenvalue weighted by Crippen LogP contribution is 2.23. The van der Waals surface area contributed by atoms with Crippen molar-refractivity contribution in [3.8, 4) is 0 Å². The Hall–Kier alpha value is -1.56. The lowest BCUT2D eigenvalue weighted by Gasteiger charge is -2.33. The topological polar surface area (TPSA) is 28.5 Å². The van der Waals surface area contributed by atoms with Gasteiger partial charge >= 0.3 is 0 Å². The fourth-order valence-electron chi connectivity index (χ4n) is 2.69. The van der Waals surface area contributed by atoms with Crippen molar-refractivity contribution in [1.82, 2.24) is 14.4 Å². The van der Waals surface area contributed by atoms with E-state index < -0.39 is 0 Å². The highest BCUT2D eigenvalue weighted by atomic mass is 35.5. The second kappa shape index (κ2) is 7.34. The minimum Gasteiger partial charge on any atom is -0.351 e. The smallest absolute Gasteiger partial charge is 0.246 e. The predicted octanol–water partition coefficient (Wildman–Crippen LogP) is 3.10. The summed E-state index contributed by atoms with van der Waals surface area (Å²) in [5, 5.41) is 0. The Morgan fingerprint density at radius 1 is 1.26 bits per heavy atom. The number of nitrogens with zero attached hydrogens (tertiary/aromatic N) is 3. The molecule has 0 unspecified atom stereocenters. The molecule has 0 N–H and O–H groups in total. The predicted molar refractivity (Wildman–Crippen MR) is 95.6 cm³/mol. The van der Waals surface area contributed by atoms with Crippen molar-refractivity contribution in [2.75, 3.05) is 26.2 Å². The summed E-state index contributed by atoms with van der Waals surface area (Å²) in [6, 6.07) is 7.98. The summed E-state index contributed by atoms with van der Waals surface area (Å²) in [6.45, 7) is 4.27. The maximum Gasteiger partial charge on any atom is 0.246 e. The van der Waals surface area contributed by atoms with Gasteiger partial charge in [-0.3, -0.25) is 9.69 Å². The van der Waals surface area contributed by atoms with E-state index in [-0.39, 0.29) is 5.91 Å². The van der Waals surface area contributed by atoms with Crippen molar-refractivity contribution >= 4 is 34.9 Å². The van der Waals surface area contributed by atoms with E-state index in [1.165, 1.54) is 4.88 Å². The molecule has 1 fully saturated rings. The van der Waals surface area contributed by atoms with E-state index in [0.717, 1.165) is 42.8 Å². The zero-order valence-electron chi connectivity index (χ0n) is 13.1. The number of halogens is 1. The normalized spacial score (nSPS) is 16.3. The van der Waals surface area contributed by atoms with Crippen LogP contribution in [0.4, 0.5) is 0 Å². The quantitative estimate of drug-likeness (QED) is 0.793. The maximum atomic E-state index is 12.3. The molecular weight excluding hydrogens is 330 g/mol. The van der Waals surface area contributed by atoms with Crippen LogP contribution in [0.2, 0.25) is 4.34 Å². The Kier molecular flexibility index (Phi) is 5.20. The van der Waals surface area contributed by atoms with Crippen LogP contribution in [0, 0.1) is 0 Å². The highest BCUT2D eigenvalue weighted by Gasteiger charge is 2.20. The fourth-order valence-corrected chi connectivity index (χ4v) is 3.82. The third-order valence-electron chi connectivity index (χ3n) is 4.07. The minimum absolute atomic E-state index is 0.0880. The molecule has 0 atom stereocenters. The summed E-state index contributed by atoms with van der Waals surface area (Å²) >= 11 is 7.59.